The molecule has 2 fully saturated rings. The van der Waals surface area contributed by atoms with Crippen LogP contribution in [0.1, 0.15) is 33.6 Å². The number of rotatable bonds is 2. The summed E-state index contributed by atoms with van der Waals surface area (Å²) in [7, 11) is 0. The quantitative estimate of drug-likeness (QED) is 0.784. The van der Waals surface area contributed by atoms with Gasteiger partial charge < -0.3 is 29.4 Å². The fraction of sp³-hybridized carbons (Fsp3) is 0.929. The number of alkyl carbamates (subject to hydrolysis) is 1. The van der Waals surface area contributed by atoms with Crippen LogP contribution in [0.2, 0.25) is 0 Å². The molecule has 2 saturated heterocycles. The average molecular weight is 303 g/mol. The van der Waals surface area contributed by atoms with Crippen molar-refractivity contribution in [2.75, 3.05) is 33.0 Å². The van der Waals surface area contributed by atoms with Gasteiger partial charge in [0.15, 0.2) is 5.79 Å². The van der Waals surface area contributed by atoms with Crippen LogP contribution in [0.15, 0.2) is 0 Å². The van der Waals surface area contributed by atoms with Crippen molar-refractivity contribution >= 4 is 6.09 Å². The number of hydrogen-bond acceptors (Lipinski definition) is 6. The third kappa shape index (κ3) is 4.29. The zero-order valence-electron chi connectivity index (χ0n) is 12.9. The van der Waals surface area contributed by atoms with Crippen LogP contribution in [0.5, 0.6) is 0 Å². The second kappa shape index (κ2) is 6.08. The van der Waals surface area contributed by atoms with Gasteiger partial charge in [0.25, 0.3) is 0 Å². The molecule has 0 radical (unpaired) electrons. The van der Waals surface area contributed by atoms with Gasteiger partial charge in [-0.2, -0.15) is 0 Å². The Labute approximate surface area is 124 Å². The molecule has 2 N–H and O–H groups in total. The summed E-state index contributed by atoms with van der Waals surface area (Å²) in [6.07, 6.45) is 0.716. The molecule has 0 aromatic carbocycles. The van der Waals surface area contributed by atoms with Crippen LogP contribution >= 0.6 is 0 Å². The highest BCUT2D eigenvalue weighted by atomic mass is 16.7. The molecule has 0 saturated carbocycles. The molecule has 1 amide bonds. The minimum atomic E-state index is -0.966. The number of ether oxygens (including phenoxy) is 4. The van der Waals surface area contributed by atoms with E-state index in [9.17, 15) is 9.90 Å². The maximum atomic E-state index is 11.9. The summed E-state index contributed by atoms with van der Waals surface area (Å²) in [5, 5.41) is 12.3. The van der Waals surface area contributed by atoms with Gasteiger partial charge in [-0.3, -0.25) is 0 Å². The molecule has 1 spiro atoms. The maximum Gasteiger partial charge on any atom is 0.408 e. The van der Waals surface area contributed by atoms with Gasteiger partial charge in [0.2, 0.25) is 0 Å². The van der Waals surface area contributed by atoms with Gasteiger partial charge in [-0.1, -0.05) is 0 Å². The molecule has 0 unspecified atom stereocenters. The molecule has 2 aliphatic rings. The Balaban J connectivity index is 1.93. The van der Waals surface area contributed by atoms with Crippen LogP contribution in [0, 0.1) is 0 Å². The van der Waals surface area contributed by atoms with E-state index in [1.165, 1.54) is 0 Å². The third-order valence-electron chi connectivity index (χ3n) is 3.55. The predicted molar refractivity (Wildman–Crippen MR) is 73.9 cm³/mol. The first-order chi connectivity index (χ1) is 9.78. The van der Waals surface area contributed by atoms with Crippen molar-refractivity contribution in [3.05, 3.63) is 0 Å². The monoisotopic (exact) mass is 303 g/mol. The molecule has 0 aliphatic carbocycles. The van der Waals surface area contributed by atoms with Crippen LogP contribution in [-0.4, -0.2) is 61.2 Å². The second-order valence-electron chi connectivity index (χ2n) is 6.67. The van der Waals surface area contributed by atoms with Crippen LogP contribution in [0.3, 0.4) is 0 Å². The topological polar surface area (TPSA) is 86.3 Å². The number of aliphatic hydroxyl groups excluding tert-OH is 1. The van der Waals surface area contributed by atoms with Gasteiger partial charge >= 0.3 is 6.09 Å². The number of nitrogens with one attached hydrogen (secondary N) is 1. The van der Waals surface area contributed by atoms with E-state index in [2.05, 4.69) is 5.32 Å². The second-order valence-corrected chi connectivity index (χ2v) is 6.67. The first kappa shape index (κ1) is 16.5. The highest BCUT2D eigenvalue weighted by Gasteiger charge is 2.46. The lowest BCUT2D eigenvalue weighted by Crippen LogP contribution is -2.65. The van der Waals surface area contributed by atoms with Crippen molar-refractivity contribution < 1.29 is 28.8 Å². The summed E-state index contributed by atoms with van der Waals surface area (Å²) in [6, 6.07) is 0. The Morgan fingerprint density at radius 2 is 1.81 bits per heavy atom. The summed E-state index contributed by atoms with van der Waals surface area (Å²) in [5.41, 5.74) is -1.56. The summed E-state index contributed by atoms with van der Waals surface area (Å²) >= 11 is 0. The highest BCUT2D eigenvalue weighted by Crippen LogP contribution is 2.32. The molecule has 2 aliphatic heterocycles. The summed E-state index contributed by atoms with van der Waals surface area (Å²) < 4.78 is 22.1. The molecule has 0 aromatic rings. The molecule has 0 bridgehead atoms. The summed E-state index contributed by atoms with van der Waals surface area (Å²) in [6.45, 7) is 6.61. The molecule has 21 heavy (non-hydrogen) atoms. The largest absolute Gasteiger partial charge is 0.444 e. The average Bonchev–Trinajstić information content (AvgIpc) is 2.41. The number of aliphatic hydroxyl groups is 1. The Hall–Kier alpha value is -0.890. The van der Waals surface area contributed by atoms with Gasteiger partial charge in [-0.25, -0.2) is 4.79 Å². The molecule has 2 heterocycles. The minimum Gasteiger partial charge on any atom is -0.444 e. The molecular formula is C14H25NO6. The van der Waals surface area contributed by atoms with E-state index in [1.807, 2.05) is 0 Å². The van der Waals surface area contributed by atoms with Gasteiger partial charge in [-0.15, -0.1) is 0 Å². The number of amides is 1. The van der Waals surface area contributed by atoms with E-state index in [1.54, 1.807) is 20.8 Å². The normalized spacial score (nSPS) is 24.6. The van der Waals surface area contributed by atoms with E-state index in [4.69, 9.17) is 18.9 Å². The predicted octanol–water partition coefficient (Wildman–Crippen LogP) is 0.796. The SMILES string of the molecule is CC(C)(C)OC(=O)NC1(CO)COC2(CCOCC2)OC1. The first-order valence-electron chi connectivity index (χ1n) is 7.26. The Morgan fingerprint density at radius 3 is 2.29 bits per heavy atom. The highest BCUT2D eigenvalue weighted by molar-refractivity contribution is 5.69. The van der Waals surface area contributed by atoms with Crippen molar-refractivity contribution in [2.45, 2.75) is 50.5 Å². The van der Waals surface area contributed by atoms with Crippen LogP contribution < -0.4 is 5.32 Å². The molecule has 7 nitrogen and oxygen atoms in total. The third-order valence-corrected chi connectivity index (χ3v) is 3.55. The summed E-state index contributed by atoms with van der Waals surface area (Å²) in [5.74, 6) is -0.646. The Bertz CT molecular complexity index is 362. The summed E-state index contributed by atoms with van der Waals surface area (Å²) in [4.78, 5) is 11.9. The lowest BCUT2D eigenvalue weighted by atomic mass is 9.99. The minimum absolute atomic E-state index is 0.183. The van der Waals surface area contributed by atoms with Crippen molar-refractivity contribution in [3.63, 3.8) is 0 Å². The molecule has 7 heteroatoms. The molecular weight excluding hydrogens is 278 g/mol. The molecule has 122 valence electrons. The number of carbonyl (C=O) groups excluding carboxylic acids is 1. The smallest absolute Gasteiger partial charge is 0.408 e. The standard InChI is InChI=1S/C14H25NO6/c1-12(2,3)21-11(17)15-13(8-16)9-19-14(20-10-13)4-6-18-7-5-14/h16H,4-10H2,1-3H3,(H,15,17). The van der Waals surface area contributed by atoms with Crippen LogP contribution in [-0.2, 0) is 18.9 Å². The first-order valence-corrected chi connectivity index (χ1v) is 7.26. The van der Waals surface area contributed by atoms with E-state index in [-0.39, 0.29) is 19.8 Å². The van der Waals surface area contributed by atoms with Crippen molar-refractivity contribution in [3.8, 4) is 0 Å². The van der Waals surface area contributed by atoms with Crippen LogP contribution in [0.4, 0.5) is 4.79 Å². The van der Waals surface area contributed by atoms with Crippen molar-refractivity contribution in [2.24, 2.45) is 0 Å². The lowest BCUT2D eigenvalue weighted by Gasteiger charge is -2.47. The molecule has 0 aromatic heterocycles. The lowest BCUT2D eigenvalue weighted by molar-refractivity contribution is -0.315. The fourth-order valence-corrected chi connectivity index (χ4v) is 2.32. The van der Waals surface area contributed by atoms with E-state index in [0.717, 1.165) is 0 Å². The fourth-order valence-electron chi connectivity index (χ4n) is 2.32. The van der Waals surface area contributed by atoms with E-state index >= 15 is 0 Å². The molecule has 0 atom stereocenters. The maximum absolute atomic E-state index is 11.9. The van der Waals surface area contributed by atoms with Gasteiger partial charge in [0, 0.05) is 12.8 Å². The van der Waals surface area contributed by atoms with Gasteiger partial charge in [-0.05, 0) is 20.8 Å². The molecule has 2 rings (SSSR count). The van der Waals surface area contributed by atoms with Crippen molar-refractivity contribution in [1.82, 2.24) is 5.32 Å². The van der Waals surface area contributed by atoms with Crippen molar-refractivity contribution in [1.29, 1.82) is 0 Å². The zero-order valence-corrected chi connectivity index (χ0v) is 12.9. The van der Waals surface area contributed by atoms with Gasteiger partial charge in [0.1, 0.15) is 11.1 Å². The van der Waals surface area contributed by atoms with Gasteiger partial charge in [0.05, 0.1) is 33.0 Å². The zero-order chi connectivity index (χ0) is 15.6. The number of carbonyl (C=O) groups is 1. The Kier molecular flexibility index (Phi) is 4.77. The number of hydrogen-bond donors (Lipinski definition) is 2. The van der Waals surface area contributed by atoms with E-state index in [0.29, 0.717) is 26.1 Å². The van der Waals surface area contributed by atoms with Crippen LogP contribution in [0.25, 0.3) is 0 Å². The van der Waals surface area contributed by atoms with E-state index < -0.39 is 23.0 Å². The Morgan fingerprint density at radius 1 is 1.24 bits per heavy atom.